The molecule has 1 amide bonds. The maximum atomic E-state index is 11.5. The minimum absolute atomic E-state index is 0.0208. The second-order valence-electron chi connectivity index (χ2n) is 5.73. The van der Waals surface area contributed by atoms with E-state index >= 15 is 0 Å². The van der Waals surface area contributed by atoms with E-state index in [2.05, 4.69) is 5.32 Å². The average Bonchev–Trinajstić information content (AvgIpc) is 1.98. The molecular formula is C12H23NO3. The van der Waals surface area contributed by atoms with Gasteiger partial charge in [0, 0.05) is 13.0 Å². The van der Waals surface area contributed by atoms with Crippen LogP contribution in [0.25, 0.3) is 0 Å². The fourth-order valence-electron chi connectivity index (χ4n) is 1.38. The van der Waals surface area contributed by atoms with Crippen LogP contribution in [0.4, 0.5) is 0 Å². The van der Waals surface area contributed by atoms with Crippen molar-refractivity contribution in [3.8, 4) is 0 Å². The van der Waals surface area contributed by atoms with Crippen LogP contribution in [-0.4, -0.2) is 23.5 Å². The van der Waals surface area contributed by atoms with E-state index in [1.54, 1.807) is 0 Å². The topological polar surface area (TPSA) is 66.4 Å². The monoisotopic (exact) mass is 229 g/mol. The molecule has 0 aliphatic heterocycles. The molecule has 1 unspecified atom stereocenters. The first kappa shape index (κ1) is 14.9. The van der Waals surface area contributed by atoms with Crippen LogP contribution in [0.2, 0.25) is 0 Å². The van der Waals surface area contributed by atoms with E-state index in [1.807, 2.05) is 34.6 Å². The molecule has 0 rings (SSSR count). The Morgan fingerprint density at radius 1 is 1.25 bits per heavy atom. The van der Waals surface area contributed by atoms with Gasteiger partial charge in [0.1, 0.15) is 0 Å². The van der Waals surface area contributed by atoms with Crippen LogP contribution < -0.4 is 5.32 Å². The number of aliphatic carboxylic acids is 1. The van der Waals surface area contributed by atoms with E-state index in [9.17, 15) is 9.59 Å². The minimum atomic E-state index is -0.856. The molecule has 0 radical (unpaired) electrons. The molecule has 0 aromatic rings. The van der Waals surface area contributed by atoms with Gasteiger partial charge in [0.2, 0.25) is 5.91 Å². The lowest BCUT2D eigenvalue weighted by Crippen LogP contribution is -2.36. The third-order valence-electron chi connectivity index (χ3n) is 2.33. The standard InChI is InChI=1S/C12H23NO3/c1-8(2)9(11(15)16)7-13-10(14)6-12(3,4)5/h8-9H,6-7H2,1-5H3,(H,13,14)(H,15,16). The molecule has 0 aliphatic carbocycles. The summed E-state index contributed by atoms with van der Waals surface area (Å²) in [5.74, 6) is -1.43. The second kappa shape index (κ2) is 5.87. The van der Waals surface area contributed by atoms with Crippen LogP contribution in [0.3, 0.4) is 0 Å². The van der Waals surface area contributed by atoms with Gasteiger partial charge in [-0.2, -0.15) is 0 Å². The predicted molar refractivity (Wildman–Crippen MR) is 63.0 cm³/mol. The van der Waals surface area contributed by atoms with Gasteiger partial charge in [-0.1, -0.05) is 34.6 Å². The summed E-state index contributed by atoms with van der Waals surface area (Å²) in [6.45, 7) is 9.82. The van der Waals surface area contributed by atoms with Crippen molar-refractivity contribution < 1.29 is 14.7 Å². The second-order valence-corrected chi connectivity index (χ2v) is 5.73. The molecule has 0 fully saturated rings. The summed E-state index contributed by atoms with van der Waals surface area (Å²) in [5.41, 5.74) is -0.0688. The fraction of sp³-hybridized carbons (Fsp3) is 0.833. The largest absolute Gasteiger partial charge is 0.481 e. The van der Waals surface area contributed by atoms with E-state index in [0.29, 0.717) is 6.42 Å². The Bertz CT molecular complexity index is 253. The van der Waals surface area contributed by atoms with E-state index in [4.69, 9.17) is 5.11 Å². The van der Waals surface area contributed by atoms with Crippen molar-refractivity contribution in [2.45, 2.75) is 41.0 Å². The number of nitrogens with one attached hydrogen (secondary N) is 1. The van der Waals surface area contributed by atoms with Crippen LogP contribution in [0, 0.1) is 17.3 Å². The number of amides is 1. The Hall–Kier alpha value is -1.06. The van der Waals surface area contributed by atoms with Gasteiger partial charge >= 0.3 is 5.97 Å². The lowest BCUT2D eigenvalue weighted by molar-refractivity contribution is -0.143. The molecule has 0 spiro atoms. The molecule has 0 saturated carbocycles. The highest BCUT2D eigenvalue weighted by atomic mass is 16.4. The van der Waals surface area contributed by atoms with Gasteiger partial charge in [-0.3, -0.25) is 9.59 Å². The molecule has 0 aromatic heterocycles. The summed E-state index contributed by atoms with van der Waals surface area (Å²) >= 11 is 0. The van der Waals surface area contributed by atoms with Gasteiger partial charge in [-0.15, -0.1) is 0 Å². The van der Waals surface area contributed by atoms with Crippen molar-refractivity contribution in [3.05, 3.63) is 0 Å². The maximum Gasteiger partial charge on any atom is 0.308 e. The summed E-state index contributed by atoms with van der Waals surface area (Å²) < 4.78 is 0. The predicted octanol–water partition coefficient (Wildman–Crippen LogP) is 1.90. The van der Waals surface area contributed by atoms with Crippen LogP contribution >= 0.6 is 0 Å². The first-order valence-corrected chi connectivity index (χ1v) is 5.63. The van der Waals surface area contributed by atoms with Gasteiger partial charge in [-0.25, -0.2) is 0 Å². The van der Waals surface area contributed by atoms with Gasteiger partial charge in [-0.05, 0) is 11.3 Å². The average molecular weight is 229 g/mol. The number of carboxylic acid groups (broad SMARTS) is 1. The highest BCUT2D eigenvalue weighted by Gasteiger charge is 2.23. The van der Waals surface area contributed by atoms with Crippen LogP contribution in [-0.2, 0) is 9.59 Å². The number of hydrogen-bond acceptors (Lipinski definition) is 2. The van der Waals surface area contributed by atoms with Crippen molar-refractivity contribution in [2.75, 3.05) is 6.54 Å². The Balaban J connectivity index is 4.12. The highest BCUT2D eigenvalue weighted by Crippen LogP contribution is 2.18. The minimum Gasteiger partial charge on any atom is -0.481 e. The summed E-state index contributed by atoms with van der Waals surface area (Å²) in [6.07, 6.45) is 0.414. The molecule has 0 saturated heterocycles. The van der Waals surface area contributed by atoms with E-state index < -0.39 is 11.9 Å². The third kappa shape index (κ3) is 6.43. The summed E-state index contributed by atoms with van der Waals surface area (Å²) in [4.78, 5) is 22.4. The molecule has 4 heteroatoms. The molecule has 2 N–H and O–H groups in total. The van der Waals surface area contributed by atoms with E-state index in [-0.39, 0.29) is 23.8 Å². The number of carboxylic acids is 1. The first-order valence-electron chi connectivity index (χ1n) is 5.63. The number of carbonyl (C=O) groups is 2. The molecule has 0 bridgehead atoms. The number of rotatable bonds is 5. The lowest BCUT2D eigenvalue weighted by Gasteiger charge is -2.20. The van der Waals surface area contributed by atoms with Crippen molar-refractivity contribution >= 4 is 11.9 Å². The molecular weight excluding hydrogens is 206 g/mol. The Morgan fingerprint density at radius 2 is 1.75 bits per heavy atom. The Labute approximate surface area is 97.4 Å². The van der Waals surface area contributed by atoms with Crippen LogP contribution in [0.5, 0.6) is 0 Å². The van der Waals surface area contributed by atoms with Crippen molar-refractivity contribution in [1.29, 1.82) is 0 Å². The molecule has 1 atom stereocenters. The first-order chi connectivity index (χ1) is 7.13. The van der Waals surface area contributed by atoms with Crippen LogP contribution in [0.1, 0.15) is 41.0 Å². The van der Waals surface area contributed by atoms with Crippen LogP contribution in [0.15, 0.2) is 0 Å². The van der Waals surface area contributed by atoms with Gasteiger partial charge in [0.05, 0.1) is 5.92 Å². The molecule has 4 nitrogen and oxygen atoms in total. The number of carbonyl (C=O) groups excluding carboxylic acids is 1. The zero-order valence-electron chi connectivity index (χ0n) is 10.8. The smallest absolute Gasteiger partial charge is 0.308 e. The molecule has 0 aromatic carbocycles. The van der Waals surface area contributed by atoms with Crippen molar-refractivity contribution in [3.63, 3.8) is 0 Å². The molecule has 0 aliphatic rings. The van der Waals surface area contributed by atoms with Crippen molar-refractivity contribution in [1.82, 2.24) is 5.32 Å². The van der Waals surface area contributed by atoms with E-state index in [0.717, 1.165) is 0 Å². The Morgan fingerprint density at radius 3 is 2.06 bits per heavy atom. The summed E-state index contributed by atoms with van der Waals surface area (Å²) in [5, 5.41) is 11.6. The quantitative estimate of drug-likeness (QED) is 0.756. The number of hydrogen-bond donors (Lipinski definition) is 2. The van der Waals surface area contributed by atoms with Crippen molar-refractivity contribution in [2.24, 2.45) is 17.3 Å². The lowest BCUT2D eigenvalue weighted by atomic mass is 9.91. The summed E-state index contributed by atoms with van der Waals surface area (Å²) in [7, 11) is 0. The third-order valence-corrected chi connectivity index (χ3v) is 2.33. The summed E-state index contributed by atoms with van der Waals surface area (Å²) in [6, 6.07) is 0. The molecule has 94 valence electrons. The zero-order chi connectivity index (χ0) is 12.9. The van der Waals surface area contributed by atoms with Gasteiger partial charge in [0.25, 0.3) is 0 Å². The molecule has 16 heavy (non-hydrogen) atoms. The highest BCUT2D eigenvalue weighted by molar-refractivity contribution is 5.77. The Kier molecular flexibility index (Phi) is 5.48. The molecule has 0 heterocycles. The fourth-order valence-corrected chi connectivity index (χ4v) is 1.38. The maximum absolute atomic E-state index is 11.5. The van der Waals surface area contributed by atoms with E-state index in [1.165, 1.54) is 0 Å². The zero-order valence-corrected chi connectivity index (χ0v) is 10.8. The normalized spacial score (nSPS) is 13.6. The van der Waals surface area contributed by atoms with Gasteiger partial charge < -0.3 is 10.4 Å². The van der Waals surface area contributed by atoms with Gasteiger partial charge in [0.15, 0.2) is 0 Å². The SMILES string of the molecule is CC(C)C(CNC(=O)CC(C)(C)C)C(=O)O.